The molecule has 118 valence electrons. The molecule has 2 aromatic rings. The van der Waals surface area contributed by atoms with Gasteiger partial charge in [0.1, 0.15) is 11.6 Å². The van der Waals surface area contributed by atoms with Crippen molar-refractivity contribution in [1.82, 2.24) is 10.3 Å². The molecule has 0 saturated carbocycles. The Morgan fingerprint density at radius 3 is 2.70 bits per heavy atom. The number of aryl methyl sites for hydroxylation is 1. The maximum Gasteiger partial charge on any atom is 0.266 e. The van der Waals surface area contributed by atoms with Gasteiger partial charge in [-0.1, -0.05) is 43.2 Å². The Kier molecular flexibility index (Phi) is 4.31. The van der Waals surface area contributed by atoms with Crippen molar-refractivity contribution in [2.75, 3.05) is 6.54 Å². The summed E-state index contributed by atoms with van der Waals surface area (Å²) in [5.74, 6) is 0.299. The number of nitrogens with zero attached hydrogens (tertiary/aromatic N) is 1. The Labute approximate surface area is 136 Å². The molecule has 1 aromatic carbocycles. The van der Waals surface area contributed by atoms with E-state index in [1.165, 1.54) is 0 Å². The fourth-order valence-corrected chi connectivity index (χ4v) is 3.41. The van der Waals surface area contributed by atoms with Crippen LogP contribution in [0.5, 0.6) is 0 Å². The van der Waals surface area contributed by atoms with Gasteiger partial charge in [-0.25, -0.2) is 0 Å². The van der Waals surface area contributed by atoms with Crippen molar-refractivity contribution in [1.29, 1.82) is 5.26 Å². The molecule has 1 aliphatic heterocycles. The number of aromatic nitrogens is 1. The van der Waals surface area contributed by atoms with E-state index in [1.807, 2.05) is 31.2 Å². The first-order valence-corrected chi connectivity index (χ1v) is 8.12. The van der Waals surface area contributed by atoms with E-state index < -0.39 is 0 Å². The lowest BCUT2D eigenvalue weighted by molar-refractivity contribution is 0.496. The highest BCUT2D eigenvalue weighted by Crippen LogP contribution is 2.34. The topological polar surface area (TPSA) is 68.7 Å². The molecule has 4 nitrogen and oxygen atoms in total. The Morgan fingerprint density at radius 2 is 2.04 bits per heavy atom. The standard InChI is InChI=1S/C19H21N3O/c1-3-4-14-10-21-11-16-17(13-7-5-12(2)6-8-13)15(9-20)19(23)22-18(14)16/h5-8,14,21H,3-4,10-11H2,1-2H3,(H,22,23). The Morgan fingerprint density at radius 1 is 1.30 bits per heavy atom. The average Bonchev–Trinajstić information content (AvgIpc) is 2.55. The van der Waals surface area contributed by atoms with E-state index in [9.17, 15) is 10.1 Å². The van der Waals surface area contributed by atoms with Gasteiger partial charge in [0.15, 0.2) is 0 Å². The minimum atomic E-state index is -0.273. The average molecular weight is 307 g/mol. The fraction of sp³-hybridized carbons (Fsp3) is 0.368. The molecular formula is C19H21N3O. The lowest BCUT2D eigenvalue weighted by Crippen LogP contribution is -2.32. The summed E-state index contributed by atoms with van der Waals surface area (Å²) >= 11 is 0. The summed E-state index contributed by atoms with van der Waals surface area (Å²) in [5, 5.41) is 12.9. The highest BCUT2D eigenvalue weighted by Gasteiger charge is 2.26. The quantitative estimate of drug-likeness (QED) is 0.915. The minimum Gasteiger partial charge on any atom is -0.324 e. The summed E-state index contributed by atoms with van der Waals surface area (Å²) in [6, 6.07) is 10.1. The SMILES string of the molecule is CCCC1CNCc2c1[nH]c(=O)c(C#N)c2-c1ccc(C)cc1. The van der Waals surface area contributed by atoms with Crippen molar-refractivity contribution >= 4 is 0 Å². The number of hydrogen-bond acceptors (Lipinski definition) is 3. The first-order chi connectivity index (χ1) is 11.2. The van der Waals surface area contributed by atoms with Gasteiger partial charge in [0.2, 0.25) is 0 Å². The third-order valence-electron chi connectivity index (χ3n) is 4.54. The molecule has 0 bridgehead atoms. The number of rotatable bonds is 3. The number of benzene rings is 1. The zero-order valence-electron chi connectivity index (χ0n) is 13.6. The summed E-state index contributed by atoms with van der Waals surface area (Å²) < 4.78 is 0. The molecule has 4 heteroatoms. The molecule has 1 aromatic heterocycles. The predicted octanol–water partition coefficient (Wildman–Crippen LogP) is 3.21. The second kappa shape index (κ2) is 6.39. The summed E-state index contributed by atoms with van der Waals surface area (Å²) in [7, 11) is 0. The number of nitrogens with one attached hydrogen (secondary N) is 2. The van der Waals surface area contributed by atoms with Gasteiger partial charge >= 0.3 is 0 Å². The van der Waals surface area contributed by atoms with Crippen LogP contribution in [0.1, 0.15) is 48.1 Å². The Balaban J connectivity index is 2.27. The van der Waals surface area contributed by atoms with Gasteiger partial charge in [-0.3, -0.25) is 4.79 Å². The van der Waals surface area contributed by atoms with Crippen LogP contribution in [-0.4, -0.2) is 11.5 Å². The summed E-state index contributed by atoms with van der Waals surface area (Å²) in [6.07, 6.45) is 2.09. The van der Waals surface area contributed by atoms with E-state index in [-0.39, 0.29) is 11.1 Å². The minimum absolute atomic E-state index is 0.214. The van der Waals surface area contributed by atoms with Crippen LogP contribution < -0.4 is 10.9 Å². The monoisotopic (exact) mass is 307 g/mol. The normalized spacial score (nSPS) is 16.7. The number of nitriles is 1. The van der Waals surface area contributed by atoms with E-state index in [0.717, 1.165) is 47.3 Å². The number of H-pyrrole nitrogens is 1. The molecule has 3 rings (SSSR count). The highest BCUT2D eigenvalue weighted by atomic mass is 16.1. The second-order valence-corrected chi connectivity index (χ2v) is 6.19. The van der Waals surface area contributed by atoms with Gasteiger partial charge in [0.25, 0.3) is 5.56 Å². The van der Waals surface area contributed by atoms with Gasteiger partial charge in [0.05, 0.1) is 0 Å². The number of aromatic amines is 1. The largest absolute Gasteiger partial charge is 0.324 e. The first-order valence-electron chi connectivity index (χ1n) is 8.12. The maximum absolute atomic E-state index is 12.4. The third kappa shape index (κ3) is 2.80. The molecule has 2 heterocycles. The zero-order chi connectivity index (χ0) is 16.4. The van der Waals surface area contributed by atoms with Crippen molar-refractivity contribution in [3.8, 4) is 17.2 Å². The van der Waals surface area contributed by atoms with Gasteiger partial charge in [0, 0.05) is 30.3 Å². The molecule has 0 spiro atoms. The van der Waals surface area contributed by atoms with Crippen LogP contribution in [0.4, 0.5) is 0 Å². The van der Waals surface area contributed by atoms with Crippen LogP contribution in [0.3, 0.4) is 0 Å². The van der Waals surface area contributed by atoms with Crippen LogP contribution in [-0.2, 0) is 6.54 Å². The van der Waals surface area contributed by atoms with Gasteiger partial charge in [-0.15, -0.1) is 0 Å². The van der Waals surface area contributed by atoms with Crippen LogP contribution >= 0.6 is 0 Å². The predicted molar refractivity (Wildman–Crippen MR) is 91.3 cm³/mol. The van der Waals surface area contributed by atoms with Crippen LogP contribution in [0.15, 0.2) is 29.1 Å². The van der Waals surface area contributed by atoms with E-state index in [0.29, 0.717) is 12.5 Å². The Bertz CT molecular complexity index is 812. The van der Waals surface area contributed by atoms with Gasteiger partial charge < -0.3 is 10.3 Å². The fourth-order valence-electron chi connectivity index (χ4n) is 3.41. The molecule has 0 amide bonds. The molecule has 0 saturated heterocycles. The summed E-state index contributed by atoms with van der Waals surface area (Å²) in [6.45, 7) is 5.73. The maximum atomic E-state index is 12.4. The van der Waals surface area contributed by atoms with Crippen LogP contribution in [0.2, 0.25) is 0 Å². The smallest absolute Gasteiger partial charge is 0.266 e. The van der Waals surface area contributed by atoms with Gasteiger partial charge in [-0.05, 0) is 24.5 Å². The zero-order valence-corrected chi connectivity index (χ0v) is 13.6. The summed E-state index contributed by atoms with van der Waals surface area (Å²) in [4.78, 5) is 15.4. The molecule has 0 fully saturated rings. The van der Waals surface area contributed by atoms with Crippen LogP contribution in [0, 0.1) is 18.3 Å². The van der Waals surface area contributed by atoms with E-state index in [4.69, 9.17) is 0 Å². The lowest BCUT2D eigenvalue weighted by atomic mass is 9.86. The number of pyridine rings is 1. The number of hydrogen-bond donors (Lipinski definition) is 2. The third-order valence-corrected chi connectivity index (χ3v) is 4.54. The highest BCUT2D eigenvalue weighted by molar-refractivity contribution is 5.74. The molecule has 1 unspecified atom stereocenters. The van der Waals surface area contributed by atoms with Crippen molar-refractivity contribution < 1.29 is 0 Å². The lowest BCUT2D eigenvalue weighted by Gasteiger charge is -2.28. The van der Waals surface area contributed by atoms with E-state index in [1.54, 1.807) is 0 Å². The second-order valence-electron chi connectivity index (χ2n) is 6.19. The molecule has 1 atom stereocenters. The molecule has 23 heavy (non-hydrogen) atoms. The van der Waals surface area contributed by atoms with Crippen molar-refractivity contribution in [2.24, 2.45) is 0 Å². The molecule has 1 aliphatic rings. The molecule has 0 aliphatic carbocycles. The molecular weight excluding hydrogens is 286 g/mol. The van der Waals surface area contributed by atoms with Crippen molar-refractivity contribution in [3.05, 3.63) is 57.0 Å². The van der Waals surface area contributed by atoms with E-state index in [2.05, 4.69) is 23.3 Å². The first kappa shape index (κ1) is 15.5. The van der Waals surface area contributed by atoms with Crippen LogP contribution in [0.25, 0.3) is 11.1 Å². The van der Waals surface area contributed by atoms with Crippen molar-refractivity contribution in [2.45, 2.75) is 39.2 Å². The molecule has 0 radical (unpaired) electrons. The summed E-state index contributed by atoms with van der Waals surface area (Å²) in [5.41, 5.74) is 4.90. The molecule has 2 N–H and O–H groups in total. The van der Waals surface area contributed by atoms with E-state index >= 15 is 0 Å². The number of fused-ring (bicyclic) bond motifs is 1. The van der Waals surface area contributed by atoms with Crippen molar-refractivity contribution in [3.63, 3.8) is 0 Å². The van der Waals surface area contributed by atoms with Gasteiger partial charge in [-0.2, -0.15) is 5.26 Å². The Hall–Kier alpha value is -2.38.